The van der Waals surface area contributed by atoms with Crippen molar-refractivity contribution in [3.63, 3.8) is 0 Å². The number of carbonyl (C=O) groups is 1. The third kappa shape index (κ3) is 5.53. The zero-order chi connectivity index (χ0) is 16.7. The quantitative estimate of drug-likeness (QED) is 0.730. The summed E-state index contributed by atoms with van der Waals surface area (Å²) in [4.78, 5) is 14.4. The maximum atomic E-state index is 12.4. The maximum Gasteiger partial charge on any atom is 0.307 e. The summed E-state index contributed by atoms with van der Waals surface area (Å²) in [7, 11) is 3.95. The molecule has 0 saturated carbocycles. The second-order valence-electron chi connectivity index (χ2n) is 6.14. The molecule has 0 aromatic heterocycles. The first kappa shape index (κ1) is 17.2. The standard InChI is InChI=1S/C20H25NO2/c1-16(15-21(2)3)23-20(22)14-19(17-10-6-4-7-11-17)18-12-8-5-9-13-18/h4-13,16,19H,14-15H2,1-3H3/t16-/m0/s1. The SMILES string of the molecule is C[C@@H](CN(C)C)OC(=O)CC(c1ccccc1)c1ccccc1. The van der Waals surface area contributed by atoms with Gasteiger partial charge in [0.05, 0.1) is 6.42 Å². The third-order valence-electron chi connectivity index (χ3n) is 3.73. The average Bonchev–Trinajstić information content (AvgIpc) is 2.53. The second kappa shape index (κ2) is 8.49. The number of hydrogen-bond acceptors (Lipinski definition) is 3. The molecule has 2 rings (SSSR count). The Morgan fingerprint density at radius 3 is 1.87 bits per heavy atom. The van der Waals surface area contributed by atoms with E-state index >= 15 is 0 Å². The van der Waals surface area contributed by atoms with Crippen molar-refractivity contribution in [1.29, 1.82) is 0 Å². The van der Waals surface area contributed by atoms with Gasteiger partial charge < -0.3 is 9.64 Å². The monoisotopic (exact) mass is 311 g/mol. The summed E-state index contributed by atoms with van der Waals surface area (Å²) in [6.07, 6.45) is 0.246. The summed E-state index contributed by atoms with van der Waals surface area (Å²) in [5.41, 5.74) is 2.27. The van der Waals surface area contributed by atoms with Gasteiger partial charge in [0.15, 0.2) is 0 Å². The van der Waals surface area contributed by atoms with E-state index in [0.717, 1.165) is 17.7 Å². The minimum absolute atomic E-state index is 0.0245. The van der Waals surface area contributed by atoms with E-state index in [0.29, 0.717) is 6.42 Å². The van der Waals surface area contributed by atoms with Gasteiger partial charge in [-0.25, -0.2) is 0 Å². The van der Waals surface area contributed by atoms with Gasteiger partial charge in [0.1, 0.15) is 6.10 Å². The molecule has 0 N–H and O–H groups in total. The van der Waals surface area contributed by atoms with E-state index in [1.54, 1.807) is 0 Å². The second-order valence-corrected chi connectivity index (χ2v) is 6.14. The molecule has 0 aliphatic rings. The molecule has 0 aliphatic carbocycles. The number of esters is 1. The molecule has 0 heterocycles. The van der Waals surface area contributed by atoms with Crippen LogP contribution >= 0.6 is 0 Å². The normalized spacial score (nSPS) is 12.4. The van der Waals surface area contributed by atoms with Gasteiger partial charge in [-0.05, 0) is 32.1 Å². The molecular weight excluding hydrogens is 286 g/mol. The Hall–Kier alpha value is -2.13. The highest BCUT2D eigenvalue weighted by Gasteiger charge is 2.20. The number of rotatable bonds is 7. The highest BCUT2D eigenvalue weighted by molar-refractivity contribution is 5.71. The lowest BCUT2D eigenvalue weighted by Crippen LogP contribution is -2.28. The Labute approximate surface area is 138 Å². The molecule has 0 bridgehead atoms. The summed E-state index contributed by atoms with van der Waals surface area (Å²) in [6, 6.07) is 20.3. The van der Waals surface area contributed by atoms with Gasteiger partial charge in [0, 0.05) is 12.5 Å². The Morgan fingerprint density at radius 2 is 1.43 bits per heavy atom. The van der Waals surface area contributed by atoms with Gasteiger partial charge in [0.25, 0.3) is 0 Å². The predicted octanol–water partition coefficient (Wildman–Crippen LogP) is 3.70. The minimum atomic E-state index is -0.156. The Morgan fingerprint density at radius 1 is 0.957 bits per heavy atom. The number of hydrogen-bond donors (Lipinski definition) is 0. The summed E-state index contributed by atoms with van der Waals surface area (Å²) in [6.45, 7) is 2.66. The zero-order valence-corrected chi connectivity index (χ0v) is 14.1. The van der Waals surface area contributed by atoms with Crippen LogP contribution < -0.4 is 0 Å². The van der Waals surface area contributed by atoms with Crippen LogP contribution in [-0.4, -0.2) is 37.6 Å². The summed E-state index contributed by atoms with van der Waals surface area (Å²) < 4.78 is 5.55. The first-order chi connectivity index (χ1) is 11.1. The van der Waals surface area contributed by atoms with Crippen LogP contribution in [0, 0.1) is 0 Å². The van der Waals surface area contributed by atoms with Crippen LogP contribution in [0.3, 0.4) is 0 Å². The zero-order valence-electron chi connectivity index (χ0n) is 14.1. The summed E-state index contributed by atoms with van der Waals surface area (Å²) in [5.74, 6) is -0.131. The van der Waals surface area contributed by atoms with Crippen LogP contribution in [0.4, 0.5) is 0 Å². The van der Waals surface area contributed by atoms with Crippen molar-refractivity contribution in [2.24, 2.45) is 0 Å². The molecule has 122 valence electrons. The molecule has 0 aliphatic heterocycles. The van der Waals surface area contributed by atoms with E-state index in [1.807, 2.05) is 62.3 Å². The van der Waals surface area contributed by atoms with Gasteiger partial charge in [-0.15, -0.1) is 0 Å². The molecule has 1 atom stereocenters. The number of nitrogens with zero attached hydrogens (tertiary/aromatic N) is 1. The Bertz CT molecular complexity index is 556. The van der Waals surface area contributed by atoms with E-state index < -0.39 is 0 Å². The lowest BCUT2D eigenvalue weighted by molar-refractivity contribution is -0.149. The van der Waals surface area contributed by atoms with Crippen LogP contribution in [0.2, 0.25) is 0 Å². The van der Waals surface area contributed by atoms with Gasteiger partial charge in [-0.3, -0.25) is 4.79 Å². The van der Waals surface area contributed by atoms with Gasteiger partial charge in [-0.2, -0.15) is 0 Å². The number of benzene rings is 2. The Kier molecular flexibility index (Phi) is 6.36. The smallest absolute Gasteiger partial charge is 0.307 e. The van der Waals surface area contributed by atoms with Crippen molar-refractivity contribution in [2.45, 2.75) is 25.4 Å². The van der Waals surface area contributed by atoms with Gasteiger partial charge in [-0.1, -0.05) is 60.7 Å². The fourth-order valence-electron chi connectivity index (χ4n) is 2.79. The molecule has 2 aromatic rings. The van der Waals surface area contributed by atoms with Crippen molar-refractivity contribution in [3.8, 4) is 0 Å². The van der Waals surface area contributed by atoms with Crippen LogP contribution in [0.15, 0.2) is 60.7 Å². The lowest BCUT2D eigenvalue weighted by atomic mass is 9.88. The highest BCUT2D eigenvalue weighted by atomic mass is 16.5. The first-order valence-corrected chi connectivity index (χ1v) is 8.00. The topological polar surface area (TPSA) is 29.5 Å². The molecule has 0 radical (unpaired) electrons. The fourth-order valence-corrected chi connectivity index (χ4v) is 2.79. The van der Waals surface area contributed by atoms with Crippen LogP contribution in [-0.2, 0) is 9.53 Å². The molecule has 0 amide bonds. The summed E-state index contributed by atoms with van der Waals surface area (Å²) in [5, 5.41) is 0. The average molecular weight is 311 g/mol. The molecule has 0 saturated heterocycles. The molecule has 2 aromatic carbocycles. The summed E-state index contributed by atoms with van der Waals surface area (Å²) >= 11 is 0. The largest absolute Gasteiger partial charge is 0.461 e. The van der Waals surface area contributed by atoms with Gasteiger partial charge >= 0.3 is 5.97 Å². The van der Waals surface area contributed by atoms with E-state index in [-0.39, 0.29) is 18.0 Å². The maximum absolute atomic E-state index is 12.4. The van der Waals surface area contributed by atoms with Crippen molar-refractivity contribution < 1.29 is 9.53 Å². The lowest BCUT2D eigenvalue weighted by Gasteiger charge is -2.21. The minimum Gasteiger partial charge on any atom is -0.461 e. The fraction of sp³-hybridized carbons (Fsp3) is 0.350. The van der Waals surface area contributed by atoms with Crippen LogP contribution in [0.25, 0.3) is 0 Å². The van der Waals surface area contributed by atoms with Crippen molar-refractivity contribution in [3.05, 3.63) is 71.8 Å². The molecule has 23 heavy (non-hydrogen) atoms. The van der Waals surface area contributed by atoms with Gasteiger partial charge in [0.2, 0.25) is 0 Å². The Balaban J connectivity index is 2.11. The third-order valence-corrected chi connectivity index (χ3v) is 3.73. The van der Waals surface area contributed by atoms with E-state index in [9.17, 15) is 4.79 Å². The molecule has 0 fully saturated rings. The van der Waals surface area contributed by atoms with Crippen molar-refractivity contribution in [1.82, 2.24) is 4.90 Å². The van der Waals surface area contributed by atoms with E-state index in [1.165, 1.54) is 0 Å². The molecular formula is C20H25NO2. The van der Waals surface area contributed by atoms with Crippen molar-refractivity contribution in [2.75, 3.05) is 20.6 Å². The predicted molar refractivity (Wildman–Crippen MR) is 93.5 cm³/mol. The molecule has 3 heteroatoms. The molecule has 0 unspecified atom stereocenters. The highest BCUT2D eigenvalue weighted by Crippen LogP contribution is 2.28. The van der Waals surface area contributed by atoms with Crippen LogP contribution in [0.1, 0.15) is 30.4 Å². The van der Waals surface area contributed by atoms with Crippen LogP contribution in [0.5, 0.6) is 0 Å². The number of likely N-dealkylation sites (N-methyl/N-ethyl adjacent to an activating group) is 1. The first-order valence-electron chi connectivity index (χ1n) is 8.00. The van der Waals surface area contributed by atoms with E-state index in [2.05, 4.69) is 24.3 Å². The number of ether oxygens (including phenoxy) is 1. The van der Waals surface area contributed by atoms with Crippen molar-refractivity contribution >= 4 is 5.97 Å². The van der Waals surface area contributed by atoms with E-state index in [4.69, 9.17) is 4.74 Å². The molecule has 3 nitrogen and oxygen atoms in total. The molecule has 0 spiro atoms. The number of carbonyl (C=O) groups excluding carboxylic acids is 1.